The summed E-state index contributed by atoms with van der Waals surface area (Å²) < 4.78 is 0. The maximum Gasteiger partial charge on any atom is 0.319 e. The van der Waals surface area contributed by atoms with Crippen molar-refractivity contribution >= 4 is 17.7 Å². The number of hydrogen-bond acceptors (Lipinski definition) is 3. The molecule has 2 rings (SSSR count). The fraction of sp³-hybridized carbons (Fsp3) is 0.412. The molecule has 122 valence electrons. The fourth-order valence-corrected chi connectivity index (χ4v) is 2.72. The van der Waals surface area contributed by atoms with Crippen molar-refractivity contribution in [2.75, 3.05) is 18.4 Å². The van der Waals surface area contributed by atoms with Crippen LogP contribution in [0.5, 0.6) is 0 Å². The summed E-state index contributed by atoms with van der Waals surface area (Å²) in [6.45, 7) is 2.67. The first-order chi connectivity index (χ1) is 11.0. The van der Waals surface area contributed by atoms with Crippen LogP contribution in [0.15, 0.2) is 24.3 Å². The molecule has 1 saturated carbocycles. The first-order valence-corrected chi connectivity index (χ1v) is 7.61. The third-order valence-corrected chi connectivity index (χ3v) is 4.00. The lowest BCUT2D eigenvalue weighted by Crippen LogP contribution is -2.55. The van der Waals surface area contributed by atoms with E-state index < -0.39 is 5.97 Å². The molecule has 1 aliphatic carbocycles. The van der Waals surface area contributed by atoms with Gasteiger partial charge in [0.2, 0.25) is 0 Å². The Morgan fingerprint density at radius 3 is 2.78 bits per heavy atom. The Labute approximate surface area is 135 Å². The van der Waals surface area contributed by atoms with E-state index in [-0.39, 0.29) is 24.7 Å². The number of urea groups is 1. The van der Waals surface area contributed by atoms with Gasteiger partial charge in [0.15, 0.2) is 0 Å². The normalized spacial score (nSPS) is 19.5. The van der Waals surface area contributed by atoms with Crippen LogP contribution in [-0.2, 0) is 4.79 Å². The maximum absolute atomic E-state index is 12.0. The number of likely N-dealkylation sites (N-methyl/N-ethyl adjacent to an activating group) is 1. The number of carboxylic acid groups (broad SMARTS) is 1. The number of carbonyl (C=O) groups is 2. The highest BCUT2D eigenvalue weighted by Gasteiger charge is 2.34. The number of anilines is 1. The van der Waals surface area contributed by atoms with Gasteiger partial charge in [-0.2, -0.15) is 0 Å². The van der Waals surface area contributed by atoms with Crippen molar-refractivity contribution in [3.8, 4) is 12.3 Å². The predicted molar refractivity (Wildman–Crippen MR) is 88.2 cm³/mol. The Bertz CT molecular complexity index is 618. The molecule has 0 saturated heterocycles. The summed E-state index contributed by atoms with van der Waals surface area (Å²) in [5, 5.41) is 14.5. The van der Waals surface area contributed by atoms with E-state index in [4.69, 9.17) is 11.5 Å². The fourth-order valence-electron chi connectivity index (χ4n) is 2.72. The van der Waals surface area contributed by atoms with Crippen molar-refractivity contribution < 1.29 is 14.7 Å². The van der Waals surface area contributed by atoms with E-state index in [2.05, 4.69) is 16.6 Å². The van der Waals surface area contributed by atoms with Crippen molar-refractivity contribution in [1.29, 1.82) is 0 Å². The number of nitrogens with one attached hydrogen (secondary N) is 2. The van der Waals surface area contributed by atoms with Gasteiger partial charge in [-0.15, -0.1) is 6.42 Å². The molecule has 3 N–H and O–H groups in total. The first-order valence-electron chi connectivity index (χ1n) is 7.61. The molecule has 0 spiro atoms. The lowest BCUT2D eigenvalue weighted by atomic mass is 9.85. The molecule has 0 unspecified atom stereocenters. The maximum atomic E-state index is 12.0. The van der Waals surface area contributed by atoms with Crippen LogP contribution in [0.4, 0.5) is 10.5 Å². The zero-order valence-corrected chi connectivity index (χ0v) is 13.1. The minimum absolute atomic E-state index is 0.0406. The molecule has 23 heavy (non-hydrogen) atoms. The Kier molecular flexibility index (Phi) is 5.61. The zero-order chi connectivity index (χ0) is 16.8. The zero-order valence-electron chi connectivity index (χ0n) is 13.1. The number of carboxylic acids is 1. The summed E-state index contributed by atoms with van der Waals surface area (Å²) in [6.07, 6.45) is 6.85. The second-order valence-electron chi connectivity index (χ2n) is 5.60. The van der Waals surface area contributed by atoms with Crippen LogP contribution in [0.2, 0.25) is 0 Å². The Hall–Kier alpha value is -2.52. The van der Waals surface area contributed by atoms with Crippen LogP contribution >= 0.6 is 0 Å². The SMILES string of the molecule is C#Cc1cccc(NC(=O)NC2CC(N(CC)CC(=O)O)C2)c1. The minimum atomic E-state index is -0.825. The van der Waals surface area contributed by atoms with Crippen LogP contribution in [-0.4, -0.2) is 47.2 Å². The molecule has 0 radical (unpaired) electrons. The standard InChI is InChI=1S/C17H21N3O3/c1-3-12-6-5-7-13(8-12)18-17(23)19-14-9-15(10-14)20(4-2)11-16(21)22/h1,5-8,14-15H,4,9-11H2,2H3,(H,21,22)(H2,18,19,23). The molecular weight excluding hydrogens is 294 g/mol. The number of hydrogen-bond donors (Lipinski definition) is 3. The summed E-state index contributed by atoms with van der Waals surface area (Å²) in [4.78, 5) is 24.7. The second-order valence-corrected chi connectivity index (χ2v) is 5.60. The van der Waals surface area contributed by atoms with Crippen LogP contribution in [0.25, 0.3) is 0 Å². The smallest absolute Gasteiger partial charge is 0.319 e. The van der Waals surface area contributed by atoms with Gasteiger partial charge in [-0.05, 0) is 37.6 Å². The number of nitrogens with zero attached hydrogens (tertiary/aromatic N) is 1. The average molecular weight is 315 g/mol. The summed E-state index contributed by atoms with van der Waals surface area (Å²) in [7, 11) is 0. The van der Waals surface area contributed by atoms with Crippen molar-refractivity contribution in [3.63, 3.8) is 0 Å². The van der Waals surface area contributed by atoms with Gasteiger partial charge >= 0.3 is 12.0 Å². The summed E-state index contributed by atoms with van der Waals surface area (Å²) in [5.74, 6) is 1.69. The molecule has 1 aromatic rings. The largest absolute Gasteiger partial charge is 0.480 e. The Morgan fingerprint density at radius 1 is 1.43 bits per heavy atom. The molecule has 2 amide bonds. The lowest BCUT2D eigenvalue weighted by Gasteiger charge is -2.42. The van der Waals surface area contributed by atoms with Gasteiger partial charge in [0.1, 0.15) is 0 Å². The number of benzene rings is 1. The molecule has 0 bridgehead atoms. The molecule has 0 heterocycles. The number of carbonyl (C=O) groups excluding carboxylic acids is 1. The summed E-state index contributed by atoms with van der Waals surface area (Å²) >= 11 is 0. The van der Waals surface area contributed by atoms with Crippen molar-refractivity contribution in [2.24, 2.45) is 0 Å². The van der Waals surface area contributed by atoms with E-state index in [9.17, 15) is 9.59 Å². The number of rotatable bonds is 6. The molecule has 6 nitrogen and oxygen atoms in total. The first kappa shape index (κ1) is 16.8. The number of amides is 2. The predicted octanol–water partition coefficient (Wildman–Crippen LogP) is 1.73. The molecule has 1 aromatic carbocycles. The van der Waals surface area contributed by atoms with Gasteiger partial charge in [0.25, 0.3) is 0 Å². The minimum Gasteiger partial charge on any atom is -0.480 e. The van der Waals surface area contributed by atoms with E-state index in [0.29, 0.717) is 17.8 Å². The van der Waals surface area contributed by atoms with Crippen LogP contribution in [0.3, 0.4) is 0 Å². The Morgan fingerprint density at radius 2 is 2.17 bits per heavy atom. The van der Waals surface area contributed by atoms with Gasteiger partial charge in [0.05, 0.1) is 6.54 Å². The van der Waals surface area contributed by atoms with Gasteiger partial charge in [-0.3, -0.25) is 9.69 Å². The quantitative estimate of drug-likeness (QED) is 0.698. The molecule has 6 heteroatoms. The number of aliphatic carboxylic acids is 1. The third kappa shape index (κ3) is 4.73. The van der Waals surface area contributed by atoms with Crippen LogP contribution in [0.1, 0.15) is 25.3 Å². The lowest BCUT2D eigenvalue weighted by molar-refractivity contribution is -0.139. The van der Waals surface area contributed by atoms with Gasteiger partial charge in [-0.25, -0.2) is 4.79 Å². The van der Waals surface area contributed by atoms with E-state index in [1.54, 1.807) is 24.3 Å². The average Bonchev–Trinajstić information content (AvgIpc) is 2.48. The highest BCUT2D eigenvalue weighted by molar-refractivity contribution is 5.89. The van der Waals surface area contributed by atoms with E-state index in [0.717, 1.165) is 12.8 Å². The van der Waals surface area contributed by atoms with Crippen LogP contribution in [0, 0.1) is 12.3 Å². The highest BCUT2D eigenvalue weighted by atomic mass is 16.4. The van der Waals surface area contributed by atoms with E-state index in [1.807, 2.05) is 11.8 Å². The van der Waals surface area contributed by atoms with Crippen molar-refractivity contribution in [2.45, 2.75) is 31.8 Å². The molecule has 1 fully saturated rings. The van der Waals surface area contributed by atoms with E-state index >= 15 is 0 Å². The molecule has 0 aromatic heterocycles. The molecular formula is C17H21N3O3. The molecule has 0 atom stereocenters. The Balaban J connectivity index is 1.77. The van der Waals surface area contributed by atoms with Crippen molar-refractivity contribution in [3.05, 3.63) is 29.8 Å². The monoisotopic (exact) mass is 315 g/mol. The number of terminal acetylenes is 1. The molecule has 1 aliphatic rings. The third-order valence-electron chi connectivity index (χ3n) is 4.00. The topological polar surface area (TPSA) is 81.7 Å². The summed E-state index contributed by atoms with van der Waals surface area (Å²) in [5.41, 5.74) is 1.36. The van der Waals surface area contributed by atoms with E-state index in [1.165, 1.54) is 0 Å². The van der Waals surface area contributed by atoms with Gasteiger partial charge in [-0.1, -0.05) is 18.9 Å². The van der Waals surface area contributed by atoms with Gasteiger partial charge in [0, 0.05) is 23.3 Å². The molecule has 0 aliphatic heterocycles. The summed E-state index contributed by atoms with van der Waals surface area (Å²) in [6, 6.07) is 7.09. The second kappa shape index (κ2) is 7.65. The van der Waals surface area contributed by atoms with Crippen LogP contribution < -0.4 is 10.6 Å². The highest BCUT2D eigenvalue weighted by Crippen LogP contribution is 2.25. The van der Waals surface area contributed by atoms with Crippen molar-refractivity contribution in [1.82, 2.24) is 10.2 Å². The van der Waals surface area contributed by atoms with Gasteiger partial charge < -0.3 is 15.7 Å².